The SMILES string of the molecule is CC(=O)NC1=NN(C(C)=O)[C@]2(S1)C(=O)N(Cc1ccc(OCCC(C)C)cc1)c1c(C)cccc12. The van der Waals surface area contributed by atoms with E-state index in [1.165, 1.54) is 18.9 Å². The molecule has 9 heteroatoms. The van der Waals surface area contributed by atoms with Crippen molar-refractivity contribution < 1.29 is 19.1 Å². The van der Waals surface area contributed by atoms with Crippen molar-refractivity contribution in [3.63, 3.8) is 0 Å². The van der Waals surface area contributed by atoms with Gasteiger partial charge in [0.25, 0.3) is 5.91 Å². The zero-order valence-electron chi connectivity index (χ0n) is 20.6. The number of hydrazone groups is 1. The average Bonchev–Trinajstić information content (AvgIpc) is 3.27. The van der Waals surface area contributed by atoms with E-state index in [4.69, 9.17) is 4.74 Å². The highest BCUT2D eigenvalue weighted by Crippen LogP contribution is 2.55. The molecule has 2 aliphatic heterocycles. The summed E-state index contributed by atoms with van der Waals surface area (Å²) in [6.07, 6.45) is 0.981. The first-order chi connectivity index (χ1) is 16.6. The van der Waals surface area contributed by atoms with Gasteiger partial charge in [0.1, 0.15) is 5.75 Å². The van der Waals surface area contributed by atoms with Gasteiger partial charge in [0.2, 0.25) is 16.7 Å². The largest absolute Gasteiger partial charge is 0.494 e. The van der Waals surface area contributed by atoms with Gasteiger partial charge in [-0.3, -0.25) is 14.4 Å². The number of nitrogens with one attached hydrogen (secondary N) is 1. The molecular weight excluding hydrogens is 464 g/mol. The highest BCUT2D eigenvalue weighted by molar-refractivity contribution is 8.15. The summed E-state index contributed by atoms with van der Waals surface area (Å²) in [5.74, 6) is 0.382. The normalized spacial score (nSPS) is 18.8. The number of fused-ring (bicyclic) bond motifs is 2. The Morgan fingerprint density at radius 1 is 1.14 bits per heavy atom. The van der Waals surface area contributed by atoms with E-state index in [-0.39, 0.29) is 22.9 Å². The number of aryl methyl sites for hydroxylation is 1. The maximum absolute atomic E-state index is 14.1. The first-order valence-corrected chi connectivity index (χ1v) is 12.4. The lowest BCUT2D eigenvalue weighted by Gasteiger charge is -2.29. The summed E-state index contributed by atoms with van der Waals surface area (Å²) in [7, 11) is 0. The Morgan fingerprint density at radius 2 is 1.86 bits per heavy atom. The number of ether oxygens (including phenoxy) is 1. The van der Waals surface area contributed by atoms with Crippen LogP contribution in [0.25, 0.3) is 0 Å². The molecule has 0 radical (unpaired) electrons. The summed E-state index contributed by atoms with van der Waals surface area (Å²) < 4.78 is 5.82. The van der Waals surface area contributed by atoms with Crippen molar-refractivity contribution in [1.82, 2.24) is 10.3 Å². The molecule has 2 aromatic carbocycles. The maximum Gasteiger partial charge on any atom is 0.271 e. The minimum Gasteiger partial charge on any atom is -0.494 e. The summed E-state index contributed by atoms with van der Waals surface area (Å²) in [5.41, 5.74) is 3.29. The Morgan fingerprint density at radius 3 is 2.49 bits per heavy atom. The van der Waals surface area contributed by atoms with Crippen LogP contribution in [0.1, 0.15) is 50.8 Å². The maximum atomic E-state index is 14.1. The second-order valence-electron chi connectivity index (χ2n) is 9.20. The molecule has 0 saturated carbocycles. The number of thioether (sulfide) groups is 1. The molecular formula is C26H30N4O4S. The smallest absolute Gasteiger partial charge is 0.271 e. The van der Waals surface area contributed by atoms with E-state index in [0.29, 0.717) is 24.6 Å². The Bertz CT molecular complexity index is 1190. The molecule has 0 fully saturated rings. The van der Waals surface area contributed by atoms with Crippen LogP contribution in [0.5, 0.6) is 5.75 Å². The van der Waals surface area contributed by atoms with Crippen LogP contribution in [-0.2, 0) is 25.8 Å². The van der Waals surface area contributed by atoms with Crippen LogP contribution in [0.2, 0.25) is 0 Å². The Hall–Kier alpha value is -3.33. The number of para-hydroxylation sites is 1. The predicted molar refractivity (Wildman–Crippen MR) is 137 cm³/mol. The first-order valence-electron chi connectivity index (χ1n) is 11.6. The number of amides is 3. The fraction of sp³-hybridized carbons (Fsp3) is 0.385. The number of hydrogen-bond acceptors (Lipinski definition) is 6. The second kappa shape index (κ2) is 9.73. The van der Waals surface area contributed by atoms with Gasteiger partial charge in [-0.25, -0.2) is 0 Å². The van der Waals surface area contributed by atoms with Crippen LogP contribution in [0.3, 0.4) is 0 Å². The summed E-state index contributed by atoms with van der Waals surface area (Å²) >= 11 is 1.08. The number of amidine groups is 1. The number of anilines is 1. The van der Waals surface area contributed by atoms with Crippen molar-refractivity contribution in [3.05, 3.63) is 59.2 Å². The van der Waals surface area contributed by atoms with E-state index < -0.39 is 4.87 Å². The Balaban J connectivity index is 1.65. The van der Waals surface area contributed by atoms with Crippen LogP contribution < -0.4 is 15.0 Å². The minimum atomic E-state index is -1.40. The number of benzene rings is 2. The lowest BCUT2D eigenvalue weighted by Crippen LogP contribution is -2.48. The van der Waals surface area contributed by atoms with Crippen LogP contribution in [0.15, 0.2) is 47.6 Å². The van der Waals surface area contributed by atoms with E-state index in [9.17, 15) is 14.4 Å². The molecule has 0 saturated heterocycles. The molecule has 8 nitrogen and oxygen atoms in total. The lowest BCUT2D eigenvalue weighted by atomic mass is 10.0. The molecule has 0 aromatic heterocycles. The molecule has 1 atom stereocenters. The van der Waals surface area contributed by atoms with E-state index in [2.05, 4.69) is 24.3 Å². The van der Waals surface area contributed by atoms with Gasteiger partial charge in [-0.1, -0.05) is 44.2 Å². The average molecular weight is 495 g/mol. The Kier molecular flexibility index (Phi) is 6.89. The zero-order valence-corrected chi connectivity index (χ0v) is 21.4. The molecule has 3 amide bonds. The van der Waals surface area contributed by atoms with Gasteiger partial charge in [0.15, 0.2) is 5.17 Å². The van der Waals surface area contributed by atoms with Crippen molar-refractivity contribution in [1.29, 1.82) is 0 Å². The van der Waals surface area contributed by atoms with Gasteiger partial charge in [0, 0.05) is 19.4 Å². The van der Waals surface area contributed by atoms with E-state index >= 15 is 0 Å². The molecule has 2 aromatic rings. The van der Waals surface area contributed by atoms with Gasteiger partial charge in [-0.2, -0.15) is 5.01 Å². The number of carbonyl (C=O) groups excluding carboxylic acids is 3. The monoisotopic (exact) mass is 494 g/mol. The molecule has 1 N–H and O–H groups in total. The quantitative estimate of drug-likeness (QED) is 0.652. The lowest BCUT2D eigenvalue weighted by molar-refractivity contribution is -0.139. The summed E-state index contributed by atoms with van der Waals surface area (Å²) in [6.45, 7) is 9.97. The molecule has 35 heavy (non-hydrogen) atoms. The summed E-state index contributed by atoms with van der Waals surface area (Å²) in [5, 5.41) is 8.35. The number of nitrogens with zero attached hydrogens (tertiary/aromatic N) is 3. The molecule has 2 aliphatic rings. The number of rotatable bonds is 6. The molecule has 2 heterocycles. The van der Waals surface area contributed by atoms with Crippen molar-refractivity contribution in [2.24, 2.45) is 11.0 Å². The molecule has 4 rings (SSSR count). The van der Waals surface area contributed by atoms with Crippen LogP contribution in [0, 0.1) is 12.8 Å². The van der Waals surface area contributed by atoms with Crippen molar-refractivity contribution in [2.45, 2.75) is 52.5 Å². The fourth-order valence-corrected chi connectivity index (χ4v) is 5.61. The molecule has 0 unspecified atom stereocenters. The number of carbonyl (C=O) groups is 3. The Labute approximate surface area is 209 Å². The third-order valence-corrected chi connectivity index (χ3v) is 7.19. The molecule has 0 bridgehead atoms. The topological polar surface area (TPSA) is 91.3 Å². The third-order valence-electron chi connectivity index (χ3n) is 5.95. The van der Waals surface area contributed by atoms with Gasteiger partial charge in [-0.15, -0.1) is 5.10 Å². The summed E-state index contributed by atoms with van der Waals surface area (Å²) in [4.78, 5) is 38.7. The van der Waals surface area contributed by atoms with Crippen molar-refractivity contribution in [3.8, 4) is 5.75 Å². The van der Waals surface area contributed by atoms with Crippen LogP contribution in [-0.4, -0.2) is 34.5 Å². The minimum absolute atomic E-state index is 0.221. The van der Waals surface area contributed by atoms with E-state index in [0.717, 1.165) is 40.7 Å². The second-order valence-corrected chi connectivity index (χ2v) is 10.4. The number of hydrogen-bond donors (Lipinski definition) is 1. The highest BCUT2D eigenvalue weighted by atomic mass is 32.2. The predicted octanol–water partition coefficient (Wildman–Crippen LogP) is 4.12. The van der Waals surface area contributed by atoms with Crippen LogP contribution in [0.4, 0.5) is 5.69 Å². The van der Waals surface area contributed by atoms with Crippen molar-refractivity contribution >= 4 is 40.3 Å². The third kappa shape index (κ3) is 4.65. The van der Waals surface area contributed by atoms with Gasteiger partial charge in [-0.05, 0) is 54.3 Å². The van der Waals surface area contributed by atoms with E-state index in [1.807, 2.05) is 49.4 Å². The van der Waals surface area contributed by atoms with Gasteiger partial charge in [0.05, 0.1) is 18.8 Å². The standard InChI is InChI=1S/C26H30N4O4S/c1-16(2)13-14-34-21-11-9-20(10-12-21)15-29-23-17(3)7-6-8-22(23)26(24(29)33)30(19(5)32)28-25(35-26)27-18(4)31/h6-12,16H,13-15H2,1-5H3,(H,27,28,31)/t26-/m1/s1. The van der Waals surface area contributed by atoms with Gasteiger partial charge < -0.3 is 15.0 Å². The highest BCUT2D eigenvalue weighted by Gasteiger charge is 2.61. The summed E-state index contributed by atoms with van der Waals surface area (Å²) in [6, 6.07) is 13.4. The molecule has 0 aliphatic carbocycles. The van der Waals surface area contributed by atoms with Crippen molar-refractivity contribution in [2.75, 3.05) is 11.5 Å². The molecule has 1 spiro atoms. The zero-order chi connectivity index (χ0) is 25.3. The van der Waals surface area contributed by atoms with Crippen LogP contribution >= 0.6 is 11.8 Å². The van der Waals surface area contributed by atoms with Gasteiger partial charge >= 0.3 is 0 Å². The molecule has 184 valence electrons. The fourth-order valence-electron chi connectivity index (χ4n) is 4.29. The first kappa shape index (κ1) is 24.8. The van der Waals surface area contributed by atoms with E-state index in [1.54, 1.807) is 4.90 Å².